The third-order valence-corrected chi connectivity index (χ3v) is 4.07. The Kier molecular flexibility index (Phi) is 4.95. The molecule has 1 heterocycles. The van der Waals surface area contributed by atoms with Gasteiger partial charge in [0.2, 0.25) is 11.0 Å². The van der Waals surface area contributed by atoms with Crippen LogP contribution >= 0.6 is 12.2 Å². The van der Waals surface area contributed by atoms with Gasteiger partial charge >= 0.3 is 0 Å². The molecule has 0 atom stereocenters. The van der Waals surface area contributed by atoms with Crippen molar-refractivity contribution in [2.45, 2.75) is 20.0 Å². The van der Waals surface area contributed by atoms with Gasteiger partial charge in [0, 0.05) is 11.1 Å². The van der Waals surface area contributed by atoms with E-state index in [1.54, 1.807) is 4.57 Å². The van der Waals surface area contributed by atoms with Gasteiger partial charge in [0.25, 0.3) is 0 Å². The highest BCUT2D eigenvalue weighted by atomic mass is 32.1. The summed E-state index contributed by atoms with van der Waals surface area (Å²) in [5, 5.41) is 22.4. The molecule has 6 nitrogen and oxygen atoms in total. The van der Waals surface area contributed by atoms with E-state index in [2.05, 4.69) is 28.5 Å². The minimum absolute atomic E-state index is 0.0164. The number of hydrogen-bond acceptors (Lipinski definition) is 4. The zero-order valence-electron chi connectivity index (χ0n) is 13.8. The van der Waals surface area contributed by atoms with Gasteiger partial charge < -0.3 is 16.2 Å². The fourth-order valence-electron chi connectivity index (χ4n) is 2.79. The first-order chi connectivity index (χ1) is 12.1. The predicted octanol–water partition coefficient (Wildman–Crippen LogP) is 4.31. The van der Waals surface area contributed by atoms with Gasteiger partial charge in [-0.25, -0.2) is 0 Å². The monoisotopic (exact) mass is 353 g/mol. The highest BCUT2D eigenvalue weighted by Gasteiger charge is 2.16. The van der Waals surface area contributed by atoms with Crippen LogP contribution in [0.4, 0.5) is 11.4 Å². The number of aromatic hydroxyl groups is 1. The Bertz CT molecular complexity index is 948. The van der Waals surface area contributed by atoms with Crippen molar-refractivity contribution >= 4 is 39.6 Å². The lowest BCUT2D eigenvalue weighted by Gasteiger charge is -2.13. The molecular formula is C18H19N5OS. The Morgan fingerprint density at radius 1 is 1.20 bits per heavy atom. The van der Waals surface area contributed by atoms with Gasteiger partial charge in [-0.1, -0.05) is 43.3 Å². The topological polar surface area (TPSA) is 87.9 Å². The van der Waals surface area contributed by atoms with Gasteiger partial charge in [-0.3, -0.25) is 4.57 Å². The van der Waals surface area contributed by atoms with Crippen molar-refractivity contribution in [3.63, 3.8) is 0 Å². The van der Waals surface area contributed by atoms with Crippen molar-refractivity contribution in [2.24, 2.45) is 16.0 Å². The molecule has 3 aromatic rings. The minimum Gasteiger partial charge on any atom is -0.493 e. The van der Waals surface area contributed by atoms with Crippen molar-refractivity contribution in [3.8, 4) is 5.88 Å². The standard InChI is InChI=1S/C18H19N5OS/c1-2-12-7-3-5-9-14(12)20-11-23-15-10-6-4-8-13(15)16(17(23)24)21-22-18(19)25/h3-10,20,24H,2,11H2,1H3,(H2,19,25). The number of aryl methyl sites for hydroxylation is 1. The maximum absolute atomic E-state index is 10.6. The van der Waals surface area contributed by atoms with Gasteiger partial charge in [0.05, 0.1) is 12.2 Å². The van der Waals surface area contributed by atoms with Gasteiger partial charge in [0.1, 0.15) is 0 Å². The number of thiocarbonyl (C=S) groups is 1. The first-order valence-electron chi connectivity index (χ1n) is 7.95. The van der Waals surface area contributed by atoms with Crippen LogP contribution in [0.15, 0.2) is 58.8 Å². The molecule has 128 valence electrons. The second kappa shape index (κ2) is 7.31. The highest BCUT2D eigenvalue weighted by molar-refractivity contribution is 7.80. The van der Waals surface area contributed by atoms with Crippen LogP contribution in [-0.2, 0) is 13.1 Å². The molecule has 2 aromatic carbocycles. The van der Waals surface area contributed by atoms with Gasteiger partial charge in [-0.2, -0.15) is 0 Å². The summed E-state index contributed by atoms with van der Waals surface area (Å²) >= 11 is 4.73. The van der Waals surface area contributed by atoms with Crippen LogP contribution < -0.4 is 11.1 Å². The second-order valence-corrected chi connectivity index (χ2v) is 5.92. The molecule has 0 aliphatic carbocycles. The summed E-state index contributed by atoms with van der Waals surface area (Å²) in [7, 11) is 0. The average molecular weight is 353 g/mol. The van der Waals surface area contributed by atoms with E-state index in [-0.39, 0.29) is 11.0 Å². The Hall–Kier alpha value is -2.93. The number of nitrogens with zero attached hydrogens (tertiary/aromatic N) is 3. The van der Waals surface area contributed by atoms with Gasteiger partial charge in [-0.15, -0.1) is 10.2 Å². The molecule has 0 saturated carbocycles. The predicted molar refractivity (Wildman–Crippen MR) is 104 cm³/mol. The third-order valence-electron chi connectivity index (χ3n) is 3.99. The van der Waals surface area contributed by atoms with Crippen molar-refractivity contribution in [1.82, 2.24) is 4.57 Å². The van der Waals surface area contributed by atoms with E-state index in [1.807, 2.05) is 42.5 Å². The molecule has 7 heteroatoms. The molecule has 0 bridgehead atoms. The zero-order chi connectivity index (χ0) is 17.8. The fraction of sp³-hybridized carbons (Fsp3) is 0.167. The number of rotatable bonds is 5. The maximum atomic E-state index is 10.6. The summed E-state index contributed by atoms with van der Waals surface area (Å²) in [6.45, 7) is 2.50. The van der Waals surface area contributed by atoms with Gasteiger partial charge in [-0.05, 0) is 36.3 Å². The molecular weight excluding hydrogens is 334 g/mol. The lowest BCUT2D eigenvalue weighted by Crippen LogP contribution is -2.08. The maximum Gasteiger partial charge on any atom is 0.222 e. The molecule has 25 heavy (non-hydrogen) atoms. The Balaban J connectivity index is 1.99. The molecule has 1 aromatic heterocycles. The van der Waals surface area contributed by atoms with E-state index in [9.17, 15) is 5.11 Å². The van der Waals surface area contributed by atoms with E-state index in [1.165, 1.54) is 5.56 Å². The van der Waals surface area contributed by atoms with Crippen molar-refractivity contribution < 1.29 is 5.11 Å². The number of para-hydroxylation sites is 2. The quantitative estimate of drug-likeness (QED) is 0.471. The largest absolute Gasteiger partial charge is 0.493 e. The average Bonchev–Trinajstić information content (AvgIpc) is 2.89. The van der Waals surface area contributed by atoms with Crippen LogP contribution in [-0.4, -0.2) is 14.8 Å². The number of aromatic nitrogens is 1. The second-order valence-electron chi connectivity index (χ2n) is 5.50. The molecule has 0 aliphatic heterocycles. The van der Waals surface area contributed by atoms with Crippen molar-refractivity contribution in [3.05, 3.63) is 54.1 Å². The fourth-order valence-corrected chi connectivity index (χ4v) is 2.84. The van der Waals surface area contributed by atoms with Crippen LogP contribution in [0.25, 0.3) is 10.9 Å². The first kappa shape index (κ1) is 16.9. The summed E-state index contributed by atoms with van der Waals surface area (Å²) in [6, 6.07) is 15.7. The summed E-state index contributed by atoms with van der Waals surface area (Å²) < 4.78 is 1.75. The molecule has 0 aliphatic rings. The number of fused-ring (bicyclic) bond motifs is 1. The number of anilines is 1. The summed E-state index contributed by atoms with van der Waals surface area (Å²) in [6.07, 6.45) is 0.926. The van der Waals surface area contributed by atoms with Crippen LogP contribution in [0.3, 0.4) is 0 Å². The number of benzene rings is 2. The smallest absolute Gasteiger partial charge is 0.222 e. The Morgan fingerprint density at radius 2 is 1.92 bits per heavy atom. The summed E-state index contributed by atoms with van der Waals surface area (Å²) in [5.74, 6) is 0.0164. The molecule has 4 N–H and O–H groups in total. The van der Waals surface area contributed by atoms with Crippen LogP contribution in [0, 0.1) is 0 Å². The molecule has 0 fully saturated rings. The molecule has 0 unspecified atom stereocenters. The Labute approximate surface area is 151 Å². The molecule has 0 saturated heterocycles. The molecule has 0 radical (unpaired) electrons. The lowest BCUT2D eigenvalue weighted by molar-refractivity contribution is 0.428. The van der Waals surface area contributed by atoms with E-state index in [0.29, 0.717) is 12.4 Å². The molecule has 0 amide bonds. The minimum atomic E-state index is -0.0776. The summed E-state index contributed by atoms with van der Waals surface area (Å²) in [5.41, 5.74) is 8.83. The van der Waals surface area contributed by atoms with Crippen LogP contribution in [0.2, 0.25) is 0 Å². The van der Waals surface area contributed by atoms with Crippen molar-refractivity contribution in [2.75, 3.05) is 5.32 Å². The van der Waals surface area contributed by atoms with E-state index < -0.39 is 0 Å². The number of nitrogens with one attached hydrogen (secondary N) is 1. The third kappa shape index (κ3) is 3.46. The lowest BCUT2D eigenvalue weighted by atomic mass is 10.1. The normalized spacial score (nSPS) is 11.2. The zero-order valence-corrected chi connectivity index (χ0v) is 14.6. The van der Waals surface area contributed by atoms with Crippen LogP contribution in [0.1, 0.15) is 12.5 Å². The van der Waals surface area contributed by atoms with E-state index in [0.717, 1.165) is 23.0 Å². The van der Waals surface area contributed by atoms with Crippen molar-refractivity contribution in [1.29, 1.82) is 0 Å². The summed E-state index contributed by atoms with van der Waals surface area (Å²) in [4.78, 5) is 0. The van der Waals surface area contributed by atoms with E-state index in [4.69, 9.17) is 18.0 Å². The molecule has 0 spiro atoms. The first-order valence-corrected chi connectivity index (χ1v) is 8.35. The van der Waals surface area contributed by atoms with Gasteiger partial charge in [0.15, 0.2) is 5.69 Å². The van der Waals surface area contributed by atoms with Crippen LogP contribution in [0.5, 0.6) is 5.88 Å². The molecule has 3 rings (SSSR count). The number of hydrogen-bond donors (Lipinski definition) is 3. The SMILES string of the molecule is CCc1ccccc1NCn1c(O)c(N=NC(N)=S)c2ccccc21. The number of azo groups is 1. The number of nitrogens with two attached hydrogens (primary N) is 1. The Morgan fingerprint density at radius 3 is 2.68 bits per heavy atom. The highest BCUT2D eigenvalue weighted by Crippen LogP contribution is 2.38. The van der Waals surface area contributed by atoms with E-state index >= 15 is 0 Å².